The fraction of sp³-hybridized carbons (Fsp3) is 0. The van der Waals surface area contributed by atoms with Crippen LogP contribution in [0.15, 0.2) is 40.9 Å². The topological polar surface area (TPSA) is 120 Å². The molecular formula is C10H8N4O2S. The number of allylic oxidation sites excluding steroid dienone is 1. The minimum Gasteiger partial charge on any atom is -0.360 e. The molecule has 3 N–H and O–H groups in total. The number of rotatable bonds is 3. The van der Waals surface area contributed by atoms with Gasteiger partial charge in [0, 0.05) is 11.9 Å². The molecule has 0 aliphatic heterocycles. The van der Waals surface area contributed by atoms with Gasteiger partial charge in [0.2, 0.25) is 10.0 Å². The van der Waals surface area contributed by atoms with Gasteiger partial charge in [-0.2, -0.15) is 10.5 Å². The van der Waals surface area contributed by atoms with Crippen molar-refractivity contribution in [1.29, 1.82) is 10.5 Å². The molecule has 6 nitrogen and oxygen atoms in total. The van der Waals surface area contributed by atoms with Crippen LogP contribution in [0.2, 0.25) is 0 Å². The lowest BCUT2D eigenvalue weighted by Crippen LogP contribution is -2.12. The Hall–Kier alpha value is -2.35. The summed E-state index contributed by atoms with van der Waals surface area (Å²) in [6.45, 7) is 0. The van der Waals surface area contributed by atoms with Crippen molar-refractivity contribution in [3.63, 3.8) is 0 Å². The molecule has 0 spiro atoms. The molecule has 17 heavy (non-hydrogen) atoms. The average molecular weight is 248 g/mol. The number of nitrogens with two attached hydrogens (primary N) is 1. The average Bonchev–Trinajstić information content (AvgIpc) is 2.30. The van der Waals surface area contributed by atoms with Crippen LogP contribution in [0.4, 0.5) is 5.69 Å². The summed E-state index contributed by atoms with van der Waals surface area (Å²) in [5.74, 6) is 0. The van der Waals surface area contributed by atoms with Gasteiger partial charge in [0.25, 0.3) is 0 Å². The number of sulfonamides is 1. The molecule has 0 atom stereocenters. The van der Waals surface area contributed by atoms with E-state index >= 15 is 0 Å². The van der Waals surface area contributed by atoms with E-state index < -0.39 is 10.0 Å². The third kappa shape index (κ3) is 3.61. The molecule has 1 aromatic rings. The number of benzene rings is 1. The minimum atomic E-state index is -3.77. The second-order valence-electron chi connectivity index (χ2n) is 3.00. The zero-order chi connectivity index (χ0) is 12.9. The van der Waals surface area contributed by atoms with Crippen LogP contribution in [0.3, 0.4) is 0 Å². The van der Waals surface area contributed by atoms with Crippen molar-refractivity contribution in [2.45, 2.75) is 4.90 Å². The van der Waals surface area contributed by atoms with E-state index in [1.54, 1.807) is 18.2 Å². The molecule has 0 fully saturated rings. The molecule has 0 heterocycles. The summed E-state index contributed by atoms with van der Waals surface area (Å²) in [6.07, 6.45) is 1.18. The molecule has 0 saturated heterocycles. The molecule has 1 aromatic carbocycles. The predicted molar refractivity (Wildman–Crippen MR) is 60.7 cm³/mol. The van der Waals surface area contributed by atoms with Crippen molar-refractivity contribution >= 4 is 15.7 Å². The predicted octanol–water partition coefficient (Wildman–Crippen LogP) is 0.677. The number of nitrogens with one attached hydrogen (secondary N) is 1. The quantitative estimate of drug-likeness (QED) is 0.762. The fourth-order valence-electron chi connectivity index (χ4n) is 1.01. The smallest absolute Gasteiger partial charge is 0.238 e. The first kappa shape index (κ1) is 12.7. The maximum atomic E-state index is 11.1. The van der Waals surface area contributed by atoms with Gasteiger partial charge in [0.15, 0.2) is 0 Å². The molecule has 7 heteroatoms. The van der Waals surface area contributed by atoms with Crippen molar-refractivity contribution in [3.8, 4) is 12.1 Å². The van der Waals surface area contributed by atoms with Gasteiger partial charge in [0.05, 0.1) is 4.90 Å². The Morgan fingerprint density at radius 2 is 2.00 bits per heavy atom. The van der Waals surface area contributed by atoms with Crippen LogP contribution in [0, 0.1) is 22.7 Å². The van der Waals surface area contributed by atoms with E-state index in [2.05, 4.69) is 5.32 Å². The molecule has 0 amide bonds. The van der Waals surface area contributed by atoms with Crippen molar-refractivity contribution in [1.82, 2.24) is 0 Å². The fourth-order valence-corrected chi connectivity index (χ4v) is 1.57. The van der Waals surface area contributed by atoms with Gasteiger partial charge >= 0.3 is 0 Å². The minimum absolute atomic E-state index is 0.0497. The number of hydrogen-bond donors (Lipinski definition) is 2. The SMILES string of the molecule is N#CC(C#N)=CNc1cccc(S(N)(=O)=O)c1. The summed E-state index contributed by atoms with van der Waals surface area (Å²) in [5, 5.41) is 24.6. The summed E-state index contributed by atoms with van der Waals surface area (Å²) in [4.78, 5) is -0.0497. The summed E-state index contributed by atoms with van der Waals surface area (Å²) in [7, 11) is -3.77. The number of anilines is 1. The summed E-state index contributed by atoms with van der Waals surface area (Å²) >= 11 is 0. The lowest BCUT2D eigenvalue weighted by Gasteiger charge is -2.02. The summed E-state index contributed by atoms with van der Waals surface area (Å²) < 4.78 is 22.1. The highest BCUT2D eigenvalue weighted by Crippen LogP contribution is 2.14. The van der Waals surface area contributed by atoms with Gasteiger partial charge in [-0.1, -0.05) is 6.07 Å². The van der Waals surface area contributed by atoms with Crippen molar-refractivity contribution < 1.29 is 8.42 Å². The maximum absolute atomic E-state index is 11.1. The molecule has 0 aliphatic carbocycles. The highest BCUT2D eigenvalue weighted by atomic mass is 32.2. The standard InChI is InChI=1S/C10H8N4O2S/c11-5-8(6-12)7-14-9-2-1-3-10(4-9)17(13,15)16/h1-4,7,14H,(H2,13,15,16). The van der Waals surface area contributed by atoms with E-state index in [9.17, 15) is 8.42 Å². The highest BCUT2D eigenvalue weighted by molar-refractivity contribution is 7.89. The van der Waals surface area contributed by atoms with Gasteiger partial charge in [-0.15, -0.1) is 0 Å². The van der Waals surface area contributed by atoms with Crippen LogP contribution in [0.25, 0.3) is 0 Å². The third-order valence-electron chi connectivity index (χ3n) is 1.79. The van der Waals surface area contributed by atoms with Gasteiger partial charge in [0.1, 0.15) is 17.7 Å². The van der Waals surface area contributed by atoms with Crippen LogP contribution in [0.1, 0.15) is 0 Å². The number of primary sulfonamides is 1. The molecule has 0 saturated carbocycles. The van der Waals surface area contributed by atoms with Crippen LogP contribution in [0.5, 0.6) is 0 Å². The first-order chi connectivity index (χ1) is 7.97. The molecule has 0 unspecified atom stereocenters. The molecule has 1 rings (SSSR count). The number of hydrogen-bond acceptors (Lipinski definition) is 5. The number of nitriles is 2. The lowest BCUT2D eigenvalue weighted by molar-refractivity contribution is 0.598. The zero-order valence-corrected chi connectivity index (χ0v) is 9.40. The number of nitrogens with zero attached hydrogens (tertiary/aromatic N) is 2. The Labute approximate surface area is 98.6 Å². The van der Waals surface area contributed by atoms with E-state index in [-0.39, 0.29) is 10.5 Å². The Morgan fingerprint density at radius 1 is 1.35 bits per heavy atom. The van der Waals surface area contributed by atoms with Crippen LogP contribution in [-0.2, 0) is 10.0 Å². The van der Waals surface area contributed by atoms with Crippen LogP contribution >= 0.6 is 0 Å². The van der Waals surface area contributed by atoms with Gasteiger partial charge in [-0.05, 0) is 18.2 Å². The van der Waals surface area contributed by atoms with E-state index in [1.807, 2.05) is 0 Å². The summed E-state index contributed by atoms with van der Waals surface area (Å²) in [5.41, 5.74) is 0.297. The zero-order valence-electron chi connectivity index (χ0n) is 8.58. The highest BCUT2D eigenvalue weighted by Gasteiger charge is 2.07. The van der Waals surface area contributed by atoms with E-state index in [1.165, 1.54) is 24.4 Å². The van der Waals surface area contributed by atoms with E-state index in [0.29, 0.717) is 5.69 Å². The normalized spacial score (nSPS) is 9.82. The van der Waals surface area contributed by atoms with E-state index in [0.717, 1.165) is 0 Å². The largest absolute Gasteiger partial charge is 0.360 e. The van der Waals surface area contributed by atoms with Crippen molar-refractivity contribution in [2.75, 3.05) is 5.32 Å². The molecular weight excluding hydrogens is 240 g/mol. The molecule has 0 aliphatic rings. The van der Waals surface area contributed by atoms with Gasteiger partial charge < -0.3 is 5.32 Å². The second-order valence-corrected chi connectivity index (χ2v) is 4.56. The first-order valence-corrected chi connectivity index (χ1v) is 5.92. The Bertz CT molecular complexity index is 619. The molecule has 0 bridgehead atoms. The Balaban J connectivity index is 3.01. The molecule has 86 valence electrons. The van der Waals surface area contributed by atoms with E-state index in [4.69, 9.17) is 15.7 Å². The Kier molecular flexibility index (Phi) is 3.83. The third-order valence-corrected chi connectivity index (χ3v) is 2.70. The molecule has 0 aromatic heterocycles. The molecule has 0 radical (unpaired) electrons. The monoisotopic (exact) mass is 248 g/mol. The summed E-state index contributed by atoms with van der Waals surface area (Å²) in [6, 6.07) is 9.05. The van der Waals surface area contributed by atoms with Crippen LogP contribution in [-0.4, -0.2) is 8.42 Å². The van der Waals surface area contributed by atoms with Crippen LogP contribution < -0.4 is 10.5 Å². The van der Waals surface area contributed by atoms with Crippen molar-refractivity contribution in [3.05, 3.63) is 36.0 Å². The lowest BCUT2D eigenvalue weighted by atomic mass is 10.3. The van der Waals surface area contributed by atoms with Crippen molar-refractivity contribution in [2.24, 2.45) is 5.14 Å². The van der Waals surface area contributed by atoms with Gasteiger partial charge in [-0.25, -0.2) is 13.6 Å². The van der Waals surface area contributed by atoms with Gasteiger partial charge in [-0.3, -0.25) is 0 Å². The Morgan fingerprint density at radius 3 is 2.53 bits per heavy atom. The first-order valence-electron chi connectivity index (χ1n) is 4.37. The second kappa shape index (κ2) is 5.12. The maximum Gasteiger partial charge on any atom is 0.238 e.